The SMILES string of the molecule is CCC1CCN(S(=O)(=O)CC)CC1.CCC1CCNCC1.CCN(CC)CC.CCS(=O)(=O)Cl.CCS(=O)(=O)N1CCC(CN)CC1.Cl. The summed E-state index contributed by atoms with van der Waals surface area (Å²) in [7, 11) is -4.38. The molecule has 0 unspecified atom stereocenters. The predicted molar refractivity (Wildman–Crippen MR) is 209 cm³/mol. The van der Waals surface area contributed by atoms with Crippen molar-refractivity contribution < 1.29 is 25.3 Å². The van der Waals surface area contributed by atoms with Crippen LogP contribution in [0, 0.1) is 17.8 Å². The largest absolute Gasteiger partial charge is 0.330 e. The van der Waals surface area contributed by atoms with Gasteiger partial charge in [0, 0.05) is 36.9 Å². The molecule has 0 saturated carbocycles. The van der Waals surface area contributed by atoms with Crippen LogP contribution in [0.5, 0.6) is 0 Å². The van der Waals surface area contributed by atoms with Crippen molar-refractivity contribution in [2.45, 2.75) is 107 Å². The molecule has 3 N–H and O–H groups in total. The maximum Gasteiger partial charge on any atom is 0.232 e. The maximum absolute atomic E-state index is 11.5. The average Bonchev–Trinajstić information content (AvgIpc) is 3.10. The Balaban J connectivity index is -0.000000544. The summed E-state index contributed by atoms with van der Waals surface area (Å²) in [6.07, 6.45) is 9.26. The number of halogens is 2. The lowest BCUT2D eigenvalue weighted by atomic mass is 9.96. The second-order valence-corrected chi connectivity index (χ2v) is 19.8. The number of hydrogen-bond acceptors (Lipinski definition) is 9. The van der Waals surface area contributed by atoms with Gasteiger partial charge in [-0.3, -0.25) is 0 Å². The van der Waals surface area contributed by atoms with Gasteiger partial charge in [-0.1, -0.05) is 54.4 Å². The number of hydrogen-bond donors (Lipinski definition) is 2. The van der Waals surface area contributed by atoms with Gasteiger partial charge in [-0.05, 0) is 109 Å². The topological polar surface area (TPSA) is 150 Å². The highest BCUT2D eigenvalue weighted by Gasteiger charge is 2.26. The third-order valence-corrected chi connectivity index (χ3v) is 14.4. The van der Waals surface area contributed by atoms with Gasteiger partial charge in [-0.15, -0.1) is 12.4 Å². The quantitative estimate of drug-likeness (QED) is 0.269. The minimum absolute atomic E-state index is 0. The van der Waals surface area contributed by atoms with Crippen LogP contribution in [-0.4, -0.2) is 121 Å². The van der Waals surface area contributed by atoms with Crippen molar-refractivity contribution in [3.05, 3.63) is 0 Å². The third-order valence-electron chi connectivity index (χ3n) is 9.30. The molecule has 0 amide bonds. The molecule has 16 heteroatoms. The number of nitrogens with two attached hydrogens (primary N) is 1. The van der Waals surface area contributed by atoms with Crippen LogP contribution in [0.15, 0.2) is 0 Å². The summed E-state index contributed by atoms with van der Waals surface area (Å²) in [4.78, 5) is 2.38. The lowest BCUT2D eigenvalue weighted by molar-refractivity contribution is 0.269. The second kappa shape index (κ2) is 29.8. The first-order valence-corrected chi connectivity index (χ1v) is 23.7. The first-order valence-electron chi connectivity index (χ1n) is 18.0. The van der Waals surface area contributed by atoms with Crippen molar-refractivity contribution in [1.82, 2.24) is 18.8 Å². The zero-order valence-corrected chi connectivity index (χ0v) is 35.5. The molecule has 48 heavy (non-hydrogen) atoms. The van der Waals surface area contributed by atoms with E-state index in [-0.39, 0.29) is 29.7 Å². The molecule has 0 aromatic heterocycles. The van der Waals surface area contributed by atoms with E-state index in [1.807, 2.05) is 0 Å². The summed E-state index contributed by atoms with van der Waals surface area (Å²) in [6, 6.07) is 0. The standard InChI is InChI=1S/C9H19NO2S.C8H18N2O2S.C7H15N.C6H15N.C2H5ClO2S.ClH/c1-3-9-5-7-10(8-6-9)13(11,12)4-2;1-2-13(11,12)10-5-3-8(7-9)4-6-10;1-2-7-3-5-8-6-4-7;1-4-7(5-2)6-3;1-2-6(3,4)5;/h9H,3-8H2,1-2H3;8H,2-7,9H2,1H3;7-8H,2-6H2,1H3;4-6H2,1-3H3;2H2,1H3;1H. The Kier molecular flexibility index (Phi) is 32.6. The van der Waals surface area contributed by atoms with Crippen LogP contribution >= 0.6 is 23.1 Å². The molecule has 3 fully saturated rings. The van der Waals surface area contributed by atoms with Crippen LogP contribution in [-0.2, 0) is 29.1 Å². The van der Waals surface area contributed by atoms with Gasteiger partial charge >= 0.3 is 0 Å². The van der Waals surface area contributed by atoms with Gasteiger partial charge < -0.3 is 16.0 Å². The van der Waals surface area contributed by atoms with Gasteiger partial charge in [0.1, 0.15) is 0 Å². The zero-order valence-electron chi connectivity index (χ0n) is 31.5. The monoisotopic (exact) mass is 789 g/mol. The molecule has 0 bridgehead atoms. The molecule has 3 rings (SSSR count). The van der Waals surface area contributed by atoms with Gasteiger partial charge in [-0.2, -0.15) is 0 Å². The first-order chi connectivity index (χ1) is 22.0. The van der Waals surface area contributed by atoms with Crippen LogP contribution in [0.4, 0.5) is 0 Å². The van der Waals surface area contributed by atoms with Crippen LogP contribution < -0.4 is 11.1 Å². The van der Waals surface area contributed by atoms with Crippen molar-refractivity contribution in [3.63, 3.8) is 0 Å². The van der Waals surface area contributed by atoms with Crippen LogP contribution in [0.3, 0.4) is 0 Å². The average molecular weight is 791 g/mol. The summed E-state index contributed by atoms with van der Waals surface area (Å²) in [5, 5.41) is 3.35. The molecule has 3 aliphatic rings. The second-order valence-electron chi connectivity index (χ2n) is 12.2. The van der Waals surface area contributed by atoms with E-state index in [1.54, 1.807) is 22.5 Å². The van der Waals surface area contributed by atoms with E-state index in [1.165, 1.54) is 65.3 Å². The fraction of sp³-hybridized carbons (Fsp3) is 1.00. The molecule has 3 saturated heterocycles. The lowest BCUT2D eigenvalue weighted by Gasteiger charge is -2.30. The number of rotatable bonds is 11. The lowest BCUT2D eigenvalue weighted by Crippen LogP contribution is -2.40. The van der Waals surface area contributed by atoms with Gasteiger partial charge in [0.15, 0.2) is 0 Å². The highest BCUT2D eigenvalue weighted by molar-refractivity contribution is 8.13. The normalized spacial score (nSPS) is 18.8. The van der Waals surface area contributed by atoms with Crippen molar-refractivity contribution in [2.24, 2.45) is 23.5 Å². The summed E-state index contributed by atoms with van der Waals surface area (Å²) in [6.45, 7) is 25.4. The number of sulfonamides is 2. The first kappa shape index (κ1) is 52.6. The Hall–Kier alpha value is 0.230. The highest BCUT2D eigenvalue weighted by Crippen LogP contribution is 2.22. The number of piperidine rings is 3. The molecule has 0 atom stereocenters. The van der Waals surface area contributed by atoms with Crippen molar-refractivity contribution in [1.29, 1.82) is 0 Å². The fourth-order valence-corrected chi connectivity index (χ4v) is 7.61. The summed E-state index contributed by atoms with van der Waals surface area (Å²) < 4.78 is 68.6. The zero-order chi connectivity index (χ0) is 36.5. The minimum Gasteiger partial charge on any atom is -0.330 e. The summed E-state index contributed by atoms with van der Waals surface area (Å²) in [5.41, 5.74) is 5.52. The van der Waals surface area contributed by atoms with Gasteiger partial charge in [-0.25, -0.2) is 33.9 Å². The molecular weight excluding hydrogens is 717 g/mol. The Bertz CT molecular complexity index is 1000. The molecule has 3 aliphatic heterocycles. The molecular formula is C32H73Cl2N5O6S3. The minimum atomic E-state index is -3.19. The smallest absolute Gasteiger partial charge is 0.232 e. The van der Waals surface area contributed by atoms with Crippen LogP contribution in [0.2, 0.25) is 0 Å². The van der Waals surface area contributed by atoms with Gasteiger partial charge in [0.2, 0.25) is 29.1 Å². The summed E-state index contributed by atoms with van der Waals surface area (Å²) in [5.74, 6) is 2.74. The van der Waals surface area contributed by atoms with E-state index >= 15 is 0 Å². The van der Waals surface area contributed by atoms with E-state index in [0.717, 1.165) is 50.6 Å². The van der Waals surface area contributed by atoms with E-state index in [9.17, 15) is 25.3 Å². The van der Waals surface area contributed by atoms with Crippen LogP contribution in [0.25, 0.3) is 0 Å². The number of nitrogens with zero attached hydrogens (tertiary/aromatic N) is 3. The molecule has 0 aliphatic carbocycles. The Morgan fingerprint density at radius 1 is 0.604 bits per heavy atom. The van der Waals surface area contributed by atoms with E-state index in [2.05, 4.69) is 55.5 Å². The maximum atomic E-state index is 11.5. The molecule has 0 aromatic rings. The Morgan fingerprint density at radius 3 is 1.12 bits per heavy atom. The Labute approximate surface area is 307 Å². The van der Waals surface area contributed by atoms with Crippen molar-refractivity contribution in [2.75, 3.05) is 82.7 Å². The molecule has 11 nitrogen and oxygen atoms in total. The van der Waals surface area contributed by atoms with E-state index in [4.69, 9.17) is 5.73 Å². The molecule has 3 heterocycles. The third kappa shape index (κ3) is 25.2. The Morgan fingerprint density at radius 2 is 0.917 bits per heavy atom. The summed E-state index contributed by atoms with van der Waals surface area (Å²) >= 11 is 0. The van der Waals surface area contributed by atoms with Crippen molar-refractivity contribution >= 4 is 52.2 Å². The van der Waals surface area contributed by atoms with Crippen molar-refractivity contribution in [3.8, 4) is 0 Å². The highest BCUT2D eigenvalue weighted by atomic mass is 35.7. The van der Waals surface area contributed by atoms with E-state index < -0.39 is 29.1 Å². The molecule has 0 aromatic carbocycles. The predicted octanol–water partition coefficient (Wildman–Crippen LogP) is 5.21. The van der Waals surface area contributed by atoms with Gasteiger partial charge in [0.05, 0.1) is 17.3 Å². The number of nitrogens with one attached hydrogen (secondary N) is 1. The molecule has 294 valence electrons. The molecule has 0 spiro atoms. The van der Waals surface area contributed by atoms with Crippen LogP contribution in [0.1, 0.15) is 107 Å². The van der Waals surface area contributed by atoms with Gasteiger partial charge in [0.25, 0.3) is 0 Å². The fourth-order valence-electron chi connectivity index (χ4n) is 5.34. The molecule has 0 radical (unpaired) electrons. The van der Waals surface area contributed by atoms with E-state index in [0.29, 0.717) is 25.6 Å².